The van der Waals surface area contributed by atoms with Crippen molar-refractivity contribution in [3.63, 3.8) is 0 Å². The van der Waals surface area contributed by atoms with Gasteiger partial charge in [0.25, 0.3) is 5.92 Å². The Balaban J connectivity index is 1.33. The van der Waals surface area contributed by atoms with Crippen LogP contribution in [0.2, 0.25) is 0 Å². The Morgan fingerprint density at radius 3 is 2.02 bits per heavy atom. The molecule has 2 fully saturated rings. The summed E-state index contributed by atoms with van der Waals surface area (Å²) in [5.74, 6) is -8.66. The third-order valence-electron chi connectivity index (χ3n) is 8.57. The molecule has 0 aromatic heterocycles. The van der Waals surface area contributed by atoms with Crippen molar-refractivity contribution < 1.29 is 35.8 Å². The molecule has 0 radical (unpaired) electrons. The van der Waals surface area contributed by atoms with E-state index >= 15 is 0 Å². The highest BCUT2D eigenvalue weighted by Crippen LogP contribution is 2.41. The van der Waals surface area contributed by atoms with Gasteiger partial charge >= 0.3 is 0 Å². The molecule has 2 aromatic carbocycles. The summed E-state index contributed by atoms with van der Waals surface area (Å²) in [5, 5.41) is 0. The fraction of sp³-hybridized carbons (Fsp3) is 0.562. The summed E-state index contributed by atoms with van der Waals surface area (Å²) in [6.45, 7) is 3.03. The van der Waals surface area contributed by atoms with Crippen molar-refractivity contribution in [1.29, 1.82) is 0 Å². The third-order valence-corrected chi connectivity index (χ3v) is 8.57. The number of allylic oxidation sites excluding steroid dienone is 2. The quantitative estimate of drug-likeness (QED) is 0.210. The molecular formula is C32H38F6O2. The molecule has 0 atom stereocenters. The second-order valence-corrected chi connectivity index (χ2v) is 11.4. The largest absolute Gasteiger partial charge is 0.490 e. The van der Waals surface area contributed by atoms with Crippen LogP contribution in [0.4, 0.5) is 26.3 Å². The summed E-state index contributed by atoms with van der Waals surface area (Å²) in [6, 6.07) is 5.11. The van der Waals surface area contributed by atoms with Gasteiger partial charge in [-0.05, 0) is 80.9 Å². The molecule has 0 heterocycles. The van der Waals surface area contributed by atoms with Crippen molar-refractivity contribution in [2.24, 2.45) is 17.8 Å². The van der Waals surface area contributed by atoms with Gasteiger partial charge in [0.2, 0.25) is 11.6 Å². The highest BCUT2D eigenvalue weighted by molar-refractivity contribution is 5.36. The number of rotatable bonds is 10. The second kappa shape index (κ2) is 13.3. The summed E-state index contributed by atoms with van der Waals surface area (Å²) in [5.41, 5.74) is 0.200. The predicted molar refractivity (Wildman–Crippen MR) is 143 cm³/mol. The van der Waals surface area contributed by atoms with Gasteiger partial charge in [-0.25, -0.2) is 17.6 Å². The van der Waals surface area contributed by atoms with Gasteiger partial charge in [-0.2, -0.15) is 8.78 Å². The van der Waals surface area contributed by atoms with Crippen LogP contribution in [0.5, 0.6) is 11.5 Å². The van der Waals surface area contributed by atoms with Crippen LogP contribution in [0.25, 0.3) is 0 Å². The first-order valence-corrected chi connectivity index (χ1v) is 14.3. The molecule has 0 saturated heterocycles. The van der Waals surface area contributed by atoms with E-state index in [4.69, 9.17) is 9.47 Å². The van der Waals surface area contributed by atoms with Gasteiger partial charge in [0.1, 0.15) is 6.61 Å². The average Bonchev–Trinajstić information content (AvgIpc) is 2.94. The van der Waals surface area contributed by atoms with Crippen molar-refractivity contribution in [3.05, 3.63) is 70.8 Å². The number of alkyl halides is 2. The molecule has 2 nitrogen and oxygen atoms in total. The van der Waals surface area contributed by atoms with Gasteiger partial charge in [-0.1, -0.05) is 44.1 Å². The second-order valence-electron chi connectivity index (χ2n) is 11.4. The van der Waals surface area contributed by atoms with Gasteiger partial charge in [-0.15, -0.1) is 0 Å². The lowest BCUT2D eigenvalue weighted by Crippen LogP contribution is -2.33. The number of halogens is 6. The summed E-state index contributed by atoms with van der Waals surface area (Å²) >= 11 is 0. The maximum Gasteiger partial charge on any atom is 0.254 e. The zero-order valence-electron chi connectivity index (χ0n) is 23.1. The van der Waals surface area contributed by atoms with Gasteiger partial charge < -0.3 is 9.47 Å². The van der Waals surface area contributed by atoms with Crippen LogP contribution >= 0.6 is 0 Å². The Bertz CT molecular complexity index is 1160. The Kier molecular flexibility index (Phi) is 10.1. The predicted octanol–water partition coefficient (Wildman–Crippen LogP) is 9.90. The molecule has 2 aliphatic carbocycles. The maximum atomic E-state index is 14.9. The van der Waals surface area contributed by atoms with E-state index in [1.165, 1.54) is 12.1 Å². The van der Waals surface area contributed by atoms with E-state index in [1.807, 2.05) is 19.9 Å². The number of hydrogen-bond acceptors (Lipinski definition) is 2. The van der Waals surface area contributed by atoms with E-state index in [9.17, 15) is 26.3 Å². The Hall–Kier alpha value is -2.64. The molecular weight excluding hydrogens is 530 g/mol. The summed E-state index contributed by atoms with van der Waals surface area (Å²) < 4.78 is 98.5. The van der Waals surface area contributed by atoms with Crippen molar-refractivity contribution in [2.45, 2.75) is 90.1 Å². The molecule has 0 unspecified atom stereocenters. The van der Waals surface area contributed by atoms with E-state index in [0.717, 1.165) is 50.7 Å². The van der Waals surface area contributed by atoms with E-state index in [2.05, 4.69) is 6.08 Å². The molecule has 0 amide bonds. The van der Waals surface area contributed by atoms with Crippen LogP contribution < -0.4 is 9.47 Å². The fourth-order valence-corrected chi connectivity index (χ4v) is 6.00. The first kappa shape index (κ1) is 30.3. The molecule has 4 rings (SSSR count). The zero-order valence-corrected chi connectivity index (χ0v) is 23.1. The summed E-state index contributed by atoms with van der Waals surface area (Å²) in [4.78, 5) is 0. The van der Waals surface area contributed by atoms with Gasteiger partial charge in [0.05, 0.1) is 6.61 Å². The van der Waals surface area contributed by atoms with Crippen molar-refractivity contribution in [3.8, 4) is 11.5 Å². The highest BCUT2D eigenvalue weighted by Gasteiger charge is 2.40. The van der Waals surface area contributed by atoms with Gasteiger partial charge in [0.15, 0.2) is 23.1 Å². The molecule has 40 heavy (non-hydrogen) atoms. The van der Waals surface area contributed by atoms with Crippen molar-refractivity contribution in [1.82, 2.24) is 0 Å². The zero-order chi connectivity index (χ0) is 28.9. The summed E-state index contributed by atoms with van der Waals surface area (Å²) in [6.07, 6.45) is 9.28. The molecule has 0 bridgehead atoms. The van der Waals surface area contributed by atoms with Gasteiger partial charge in [0, 0.05) is 17.9 Å². The number of ether oxygens (including phenoxy) is 2. The molecule has 220 valence electrons. The lowest BCUT2D eigenvalue weighted by atomic mass is 9.78. The Labute approximate surface area is 232 Å². The topological polar surface area (TPSA) is 18.5 Å². The standard InChI is InChI=1S/C32H38F6O2/c1-3-4-21-7-9-22(10-8-21)25-14-11-23(28(33)29(25)34)19-40-27-16-15-26(30(35)31(27)36)39-18-17-32(37,38)24-12-5-20(2)6-13-24/h3-4,11,14-16,20-22,24H,5-10,12-13,17-19H2,1-2H3/b4-3+. The van der Waals surface area contributed by atoms with E-state index in [1.54, 1.807) is 0 Å². The van der Waals surface area contributed by atoms with Crippen LogP contribution in [-0.2, 0) is 6.61 Å². The first-order valence-electron chi connectivity index (χ1n) is 14.3. The smallest absolute Gasteiger partial charge is 0.254 e. The highest BCUT2D eigenvalue weighted by atomic mass is 19.3. The van der Waals surface area contributed by atoms with Crippen LogP contribution in [0.15, 0.2) is 36.4 Å². The number of benzene rings is 2. The number of hydrogen-bond donors (Lipinski definition) is 0. The third kappa shape index (κ3) is 7.16. The molecule has 2 aromatic rings. The van der Waals surface area contributed by atoms with Gasteiger partial charge in [-0.3, -0.25) is 0 Å². The van der Waals surface area contributed by atoms with Crippen LogP contribution in [-0.4, -0.2) is 12.5 Å². The lowest BCUT2D eigenvalue weighted by Gasteiger charge is -2.32. The van der Waals surface area contributed by atoms with Crippen LogP contribution in [0, 0.1) is 41.0 Å². The minimum Gasteiger partial charge on any atom is -0.490 e. The monoisotopic (exact) mass is 568 g/mol. The summed E-state index contributed by atoms with van der Waals surface area (Å²) in [7, 11) is 0. The maximum absolute atomic E-state index is 14.9. The van der Waals surface area contributed by atoms with Crippen molar-refractivity contribution in [2.75, 3.05) is 6.61 Å². The van der Waals surface area contributed by atoms with Crippen LogP contribution in [0.1, 0.15) is 88.7 Å². The molecule has 2 aliphatic rings. The van der Waals surface area contributed by atoms with E-state index < -0.39 is 66.2 Å². The SMILES string of the molecule is C/C=C/C1CCC(c2ccc(COc3ccc(OCCC(F)(F)C4CCC(C)CC4)c(F)c3F)c(F)c2F)CC1. The Morgan fingerprint density at radius 2 is 1.40 bits per heavy atom. The minimum absolute atomic E-state index is 0.0728. The Morgan fingerprint density at radius 1 is 0.775 bits per heavy atom. The molecule has 2 saturated carbocycles. The van der Waals surface area contributed by atoms with Crippen LogP contribution in [0.3, 0.4) is 0 Å². The fourth-order valence-electron chi connectivity index (χ4n) is 6.00. The average molecular weight is 569 g/mol. The van der Waals surface area contributed by atoms with E-state index in [0.29, 0.717) is 30.2 Å². The molecule has 8 heteroatoms. The normalized spacial score (nSPS) is 23.9. The minimum atomic E-state index is -2.95. The molecule has 0 N–H and O–H groups in total. The van der Waals surface area contributed by atoms with Crippen molar-refractivity contribution >= 4 is 0 Å². The molecule has 0 aliphatic heterocycles. The van der Waals surface area contributed by atoms with E-state index in [-0.39, 0.29) is 11.5 Å². The lowest BCUT2D eigenvalue weighted by molar-refractivity contribution is -0.0874. The molecule has 0 spiro atoms. The first-order chi connectivity index (χ1) is 19.1.